The zero-order valence-electron chi connectivity index (χ0n) is 12.4. The van der Waals surface area contributed by atoms with Crippen molar-refractivity contribution in [1.82, 2.24) is 0 Å². The van der Waals surface area contributed by atoms with E-state index in [2.05, 4.69) is 12.2 Å². The molecule has 22 heavy (non-hydrogen) atoms. The number of amides is 1. The van der Waals surface area contributed by atoms with Crippen LogP contribution in [0, 0.1) is 6.92 Å². The number of rotatable bonds is 6. The zero-order valence-corrected chi connectivity index (χ0v) is 13.2. The Labute approximate surface area is 132 Å². The van der Waals surface area contributed by atoms with Crippen LogP contribution >= 0.6 is 11.3 Å². The summed E-state index contributed by atoms with van der Waals surface area (Å²) in [5, 5.41) is 11.4. The lowest BCUT2D eigenvalue weighted by molar-refractivity contribution is -0.139. The molecule has 1 aromatic heterocycles. The Hall–Kier alpha value is -2.34. The van der Waals surface area contributed by atoms with E-state index in [9.17, 15) is 9.59 Å². The fourth-order valence-electron chi connectivity index (χ4n) is 1.95. The predicted octanol–water partition coefficient (Wildman–Crippen LogP) is 3.33. The highest BCUT2D eigenvalue weighted by atomic mass is 32.1. The van der Waals surface area contributed by atoms with Gasteiger partial charge in [0.2, 0.25) is 0 Å². The molecular formula is C16H17NO4S. The van der Waals surface area contributed by atoms with Crippen LogP contribution in [-0.2, 0) is 11.2 Å². The summed E-state index contributed by atoms with van der Waals surface area (Å²) < 4.78 is 5.04. The van der Waals surface area contributed by atoms with Crippen LogP contribution in [0.2, 0.25) is 0 Å². The molecule has 1 amide bonds. The molecule has 0 saturated heterocycles. The molecule has 0 radical (unpaired) electrons. The van der Waals surface area contributed by atoms with Crippen molar-refractivity contribution in [2.75, 3.05) is 11.9 Å². The molecule has 2 N–H and O–H groups in total. The normalized spacial score (nSPS) is 10.3. The Bertz CT molecular complexity index is 676. The van der Waals surface area contributed by atoms with Gasteiger partial charge in [0.1, 0.15) is 5.75 Å². The molecule has 0 aliphatic carbocycles. The third-order valence-corrected chi connectivity index (χ3v) is 4.42. The molecule has 0 fully saturated rings. The molecule has 2 aromatic rings. The first kappa shape index (κ1) is 16.0. The van der Waals surface area contributed by atoms with Crippen LogP contribution in [0.5, 0.6) is 5.75 Å². The van der Waals surface area contributed by atoms with Crippen LogP contribution in [-0.4, -0.2) is 23.6 Å². The first-order chi connectivity index (χ1) is 10.5. The Morgan fingerprint density at radius 1 is 1.27 bits per heavy atom. The van der Waals surface area contributed by atoms with E-state index in [-0.39, 0.29) is 12.5 Å². The van der Waals surface area contributed by atoms with E-state index in [1.807, 2.05) is 13.0 Å². The van der Waals surface area contributed by atoms with Crippen LogP contribution in [0.15, 0.2) is 30.3 Å². The number of aliphatic carboxylic acids is 1. The van der Waals surface area contributed by atoms with E-state index >= 15 is 0 Å². The van der Waals surface area contributed by atoms with Crippen molar-refractivity contribution in [2.24, 2.45) is 0 Å². The number of ether oxygens (including phenoxy) is 1. The van der Waals surface area contributed by atoms with Gasteiger partial charge in [-0.3, -0.25) is 4.79 Å². The van der Waals surface area contributed by atoms with Crippen molar-refractivity contribution >= 4 is 28.9 Å². The Morgan fingerprint density at radius 3 is 2.50 bits per heavy atom. The summed E-state index contributed by atoms with van der Waals surface area (Å²) >= 11 is 1.50. The second-order valence-corrected chi connectivity index (χ2v) is 5.87. The number of aryl methyl sites for hydroxylation is 2. The summed E-state index contributed by atoms with van der Waals surface area (Å²) in [7, 11) is 0. The molecule has 0 bridgehead atoms. The van der Waals surface area contributed by atoms with E-state index in [0.717, 1.165) is 12.0 Å². The third kappa shape index (κ3) is 4.08. The molecule has 116 valence electrons. The zero-order chi connectivity index (χ0) is 16.1. The maximum atomic E-state index is 12.2. The van der Waals surface area contributed by atoms with Crippen LogP contribution in [0.1, 0.15) is 27.0 Å². The number of carboxylic acid groups (broad SMARTS) is 1. The fourth-order valence-corrected chi connectivity index (χ4v) is 2.96. The lowest BCUT2D eigenvalue weighted by atomic mass is 10.2. The summed E-state index contributed by atoms with van der Waals surface area (Å²) in [6, 6.07) is 8.49. The molecule has 1 aromatic carbocycles. The topological polar surface area (TPSA) is 75.6 Å². The van der Waals surface area contributed by atoms with Gasteiger partial charge in [-0.1, -0.05) is 6.92 Å². The van der Waals surface area contributed by atoms with Gasteiger partial charge >= 0.3 is 5.97 Å². The highest BCUT2D eigenvalue weighted by Gasteiger charge is 2.12. The van der Waals surface area contributed by atoms with E-state index in [0.29, 0.717) is 16.3 Å². The van der Waals surface area contributed by atoms with Crippen molar-refractivity contribution in [3.63, 3.8) is 0 Å². The number of carbonyl (C=O) groups excluding carboxylic acids is 1. The smallest absolute Gasteiger partial charge is 0.341 e. The van der Waals surface area contributed by atoms with E-state index < -0.39 is 5.97 Å². The summed E-state index contributed by atoms with van der Waals surface area (Å²) in [5.41, 5.74) is 1.77. The highest BCUT2D eigenvalue weighted by molar-refractivity contribution is 7.14. The molecule has 1 heterocycles. The second-order valence-electron chi connectivity index (χ2n) is 4.73. The average molecular weight is 319 g/mol. The molecule has 0 unspecified atom stereocenters. The number of hydrogen-bond donors (Lipinski definition) is 2. The molecular weight excluding hydrogens is 302 g/mol. The van der Waals surface area contributed by atoms with E-state index in [4.69, 9.17) is 9.84 Å². The number of benzene rings is 1. The molecule has 0 atom stereocenters. The fraction of sp³-hybridized carbons (Fsp3) is 0.250. The van der Waals surface area contributed by atoms with Gasteiger partial charge < -0.3 is 15.2 Å². The first-order valence-corrected chi connectivity index (χ1v) is 7.66. The largest absolute Gasteiger partial charge is 0.482 e. The second kappa shape index (κ2) is 7.09. The lowest BCUT2D eigenvalue weighted by Gasteiger charge is -2.06. The van der Waals surface area contributed by atoms with E-state index in [1.165, 1.54) is 16.2 Å². The van der Waals surface area contributed by atoms with Gasteiger partial charge in [0, 0.05) is 10.6 Å². The van der Waals surface area contributed by atoms with Crippen LogP contribution in [0.25, 0.3) is 0 Å². The van der Waals surface area contributed by atoms with Gasteiger partial charge in [0.15, 0.2) is 6.61 Å². The summed E-state index contributed by atoms with van der Waals surface area (Å²) in [6.45, 7) is 3.68. The molecule has 6 heteroatoms. The molecule has 0 spiro atoms. The number of hydrogen-bond acceptors (Lipinski definition) is 4. The van der Waals surface area contributed by atoms with E-state index in [1.54, 1.807) is 24.3 Å². The Kier molecular flexibility index (Phi) is 5.16. The van der Waals surface area contributed by atoms with Gasteiger partial charge in [-0.15, -0.1) is 11.3 Å². The van der Waals surface area contributed by atoms with Crippen LogP contribution in [0.3, 0.4) is 0 Å². The van der Waals surface area contributed by atoms with Crippen LogP contribution < -0.4 is 10.1 Å². The average Bonchev–Trinajstić information content (AvgIpc) is 2.87. The summed E-state index contributed by atoms with van der Waals surface area (Å²) in [4.78, 5) is 24.5. The third-order valence-electron chi connectivity index (χ3n) is 3.04. The number of thiophene rings is 1. The van der Waals surface area contributed by atoms with Gasteiger partial charge in [-0.05, 0) is 49.2 Å². The van der Waals surface area contributed by atoms with Gasteiger partial charge in [0.05, 0.1) is 4.88 Å². The predicted molar refractivity (Wildman–Crippen MR) is 86.0 cm³/mol. The van der Waals surface area contributed by atoms with Gasteiger partial charge in [-0.2, -0.15) is 0 Å². The number of carboxylic acids is 1. The Morgan fingerprint density at radius 2 is 1.95 bits per heavy atom. The van der Waals surface area contributed by atoms with Gasteiger partial charge in [-0.25, -0.2) is 4.79 Å². The van der Waals surface area contributed by atoms with Crippen molar-refractivity contribution in [3.05, 3.63) is 45.6 Å². The molecule has 0 aliphatic rings. The standard InChI is InChI=1S/C16H17NO4S/c1-3-13-10(2)8-14(22-13)16(20)17-11-4-6-12(7-5-11)21-9-15(18)19/h4-8H,3,9H2,1-2H3,(H,17,20)(H,18,19). The number of carbonyl (C=O) groups is 2. The minimum absolute atomic E-state index is 0.146. The monoisotopic (exact) mass is 319 g/mol. The van der Waals surface area contributed by atoms with Crippen molar-refractivity contribution in [3.8, 4) is 5.75 Å². The minimum Gasteiger partial charge on any atom is -0.482 e. The van der Waals surface area contributed by atoms with Crippen molar-refractivity contribution in [2.45, 2.75) is 20.3 Å². The molecule has 5 nitrogen and oxygen atoms in total. The molecule has 0 saturated carbocycles. The molecule has 2 rings (SSSR count). The Balaban J connectivity index is 2.00. The minimum atomic E-state index is -1.03. The number of nitrogens with one attached hydrogen (secondary N) is 1. The quantitative estimate of drug-likeness (QED) is 0.856. The number of anilines is 1. The lowest BCUT2D eigenvalue weighted by Crippen LogP contribution is -2.11. The SMILES string of the molecule is CCc1sc(C(=O)Nc2ccc(OCC(=O)O)cc2)cc1C. The maximum Gasteiger partial charge on any atom is 0.341 e. The molecule has 0 aliphatic heterocycles. The van der Waals surface area contributed by atoms with Crippen molar-refractivity contribution < 1.29 is 19.4 Å². The van der Waals surface area contributed by atoms with Gasteiger partial charge in [0.25, 0.3) is 5.91 Å². The highest BCUT2D eigenvalue weighted by Crippen LogP contribution is 2.24. The first-order valence-electron chi connectivity index (χ1n) is 6.85. The summed E-state index contributed by atoms with van der Waals surface area (Å²) in [5.74, 6) is -0.732. The summed E-state index contributed by atoms with van der Waals surface area (Å²) in [6.07, 6.45) is 0.916. The van der Waals surface area contributed by atoms with Crippen molar-refractivity contribution in [1.29, 1.82) is 0 Å². The van der Waals surface area contributed by atoms with Crippen LogP contribution in [0.4, 0.5) is 5.69 Å². The maximum absolute atomic E-state index is 12.2.